The molecular formula is C38H27N4OPt-. The maximum Gasteiger partial charge on any atom is 0.144 e. The summed E-state index contributed by atoms with van der Waals surface area (Å²) >= 11 is 0. The number of phenols is 1. The minimum atomic E-state index is 0. The maximum atomic E-state index is 10.9. The van der Waals surface area contributed by atoms with Crippen molar-refractivity contribution in [1.82, 2.24) is 19.5 Å². The predicted molar refractivity (Wildman–Crippen MR) is 175 cm³/mol. The van der Waals surface area contributed by atoms with Crippen molar-refractivity contribution in [2.24, 2.45) is 0 Å². The molecule has 8 aromatic rings. The fraction of sp³-hybridized carbons (Fsp3) is 0.0526. The number of phenolic OH excluding ortho intramolecular Hbond substituents is 1. The molecule has 5 nitrogen and oxygen atoms in total. The molecule has 3 heterocycles. The number of imidazole rings is 1. The van der Waals surface area contributed by atoms with E-state index >= 15 is 0 Å². The Balaban J connectivity index is 0.00000312. The van der Waals surface area contributed by atoms with Crippen molar-refractivity contribution in [1.29, 1.82) is 0 Å². The van der Waals surface area contributed by atoms with E-state index in [9.17, 15) is 5.11 Å². The van der Waals surface area contributed by atoms with Crippen molar-refractivity contribution < 1.29 is 26.2 Å². The number of aryl methyl sites for hydroxylation is 2. The van der Waals surface area contributed by atoms with Crippen LogP contribution in [0.4, 0.5) is 0 Å². The van der Waals surface area contributed by atoms with Crippen LogP contribution in [0.2, 0.25) is 0 Å². The number of aromatic nitrogens is 4. The van der Waals surface area contributed by atoms with Gasteiger partial charge < -0.3 is 10.1 Å². The smallest absolute Gasteiger partial charge is 0.144 e. The number of rotatable bonds is 4. The van der Waals surface area contributed by atoms with Crippen LogP contribution in [-0.2, 0) is 21.1 Å². The van der Waals surface area contributed by atoms with Crippen LogP contribution in [0.25, 0.3) is 72.3 Å². The molecule has 0 fully saturated rings. The summed E-state index contributed by atoms with van der Waals surface area (Å²) in [6.45, 7) is 4.24. The van der Waals surface area contributed by atoms with Crippen molar-refractivity contribution in [2.75, 3.05) is 0 Å². The van der Waals surface area contributed by atoms with Crippen molar-refractivity contribution in [3.63, 3.8) is 0 Å². The van der Waals surface area contributed by atoms with Crippen LogP contribution < -0.4 is 4.98 Å². The van der Waals surface area contributed by atoms with Gasteiger partial charge in [-0.1, -0.05) is 84.9 Å². The molecule has 1 N–H and O–H groups in total. The summed E-state index contributed by atoms with van der Waals surface area (Å²) in [5, 5.41) is 12.9. The maximum absolute atomic E-state index is 10.9. The van der Waals surface area contributed by atoms with Crippen molar-refractivity contribution in [2.45, 2.75) is 13.8 Å². The second-order valence-corrected chi connectivity index (χ2v) is 11.1. The van der Waals surface area contributed by atoms with Gasteiger partial charge in [-0.2, -0.15) is 6.20 Å². The van der Waals surface area contributed by atoms with Gasteiger partial charge in [-0.15, -0.1) is 5.52 Å². The first-order chi connectivity index (χ1) is 21.0. The third-order valence-electron chi connectivity index (χ3n) is 8.09. The normalized spacial score (nSPS) is 11.3. The number of aromatic hydroxyl groups is 1. The summed E-state index contributed by atoms with van der Waals surface area (Å²) in [6, 6.07) is 39.0. The summed E-state index contributed by atoms with van der Waals surface area (Å²) in [5.41, 5.74) is 11.4. The van der Waals surface area contributed by atoms with Crippen molar-refractivity contribution in [3.8, 4) is 45.2 Å². The molecular weight excluding hydrogens is 724 g/mol. The first-order valence-corrected chi connectivity index (χ1v) is 14.3. The van der Waals surface area contributed by atoms with E-state index < -0.39 is 0 Å². The van der Waals surface area contributed by atoms with E-state index in [-0.39, 0.29) is 26.8 Å². The molecule has 0 saturated carbocycles. The molecule has 44 heavy (non-hydrogen) atoms. The second-order valence-electron chi connectivity index (χ2n) is 11.1. The van der Waals surface area contributed by atoms with Crippen molar-refractivity contribution in [3.05, 3.63) is 133 Å². The molecule has 3 aromatic heterocycles. The molecule has 0 radical (unpaired) electrons. The van der Waals surface area contributed by atoms with Crippen LogP contribution in [0.1, 0.15) is 11.1 Å². The number of benzene rings is 5. The molecule has 5 aromatic carbocycles. The number of hydrogen-bond acceptors (Lipinski definition) is 3. The van der Waals surface area contributed by atoms with Gasteiger partial charge in [0.15, 0.2) is 0 Å². The summed E-state index contributed by atoms with van der Waals surface area (Å²) in [4.78, 5) is 15.1. The number of para-hydroxylation sites is 3. The monoisotopic (exact) mass is 750 g/mol. The Kier molecular flexibility index (Phi) is 6.91. The zero-order valence-electron chi connectivity index (χ0n) is 24.1. The molecule has 0 spiro atoms. The van der Waals surface area contributed by atoms with Gasteiger partial charge >= 0.3 is 0 Å². The van der Waals surface area contributed by atoms with Crippen LogP contribution in [-0.4, -0.2) is 19.6 Å². The Morgan fingerprint density at radius 3 is 2.23 bits per heavy atom. The molecule has 8 rings (SSSR count). The van der Waals surface area contributed by atoms with Crippen LogP contribution in [0.3, 0.4) is 0 Å². The fourth-order valence-corrected chi connectivity index (χ4v) is 6.27. The average Bonchev–Trinajstić information content (AvgIpc) is 3.66. The molecule has 0 bridgehead atoms. The summed E-state index contributed by atoms with van der Waals surface area (Å²) in [5.74, 6) is 0.975. The molecule has 0 saturated heterocycles. The molecule has 0 aliphatic carbocycles. The van der Waals surface area contributed by atoms with Gasteiger partial charge in [-0.25, -0.2) is 9.97 Å². The Bertz CT molecular complexity index is 2320. The summed E-state index contributed by atoms with van der Waals surface area (Å²) in [7, 11) is 0. The number of hydrogen-bond donors (Lipinski definition) is 1. The number of fused-ring (bicyclic) bond motifs is 3. The third-order valence-corrected chi connectivity index (χ3v) is 8.09. The van der Waals surface area contributed by atoms with Crippen LogP contribution in [0.5, 0.6) is 5.75 Å². The predicted octanol–water partition coefficient (Wildman–Crippen LogP) is 9.01. The topological polar surface area (TPSA) is 65.0 Å². The molecule has 0 unspecified atom stereocenters. The second kappa shape index (κ2) is 10.9. The molecule has 216 valence electrons. The van der Waals surface area contributed by atoms with E-state index in [2.05, 4.69) is 91.2 Å². The van der Waals surface area contributed by atoms with E-state index in [4.69, 9.17) is 15.0 Å². The molecule has 6 heteroatoms. The largest absolute Gasteiger partial charge is 0.663 e. The van der Waals surface area contributed by atoms with Gasteiger partial charge in [0, 0.05) is 43.3 Å². The Morgan fingerprint density at radius 1 is 0.659 bits per heavy atom. The van der Waals surface area contributed by atoms with E-state index in [1.54, 1.807) is 6.07 Å². The molecule has 0 atom stereocenters. The number of nitrogens with zero attached hydrogens (tertiary/aromatic N) is 4. The minimum Gasteiger partial charge on any atom is -0.663 e. The number of pyridine rings is 1. The first kappa shape index (κ1) is 27.8. The van der Waals surface area contributed by atoms with Gasteiger partial charge in [0.1, 0.15) is 17.1 Å². The fourth-order valence-electron chi connectivity index (χ4n) is 6.27. The zero-order valence-corrected chi connectivity index (χ0v) is 26.4. The quantitative estimate of drug-likeness (QED) is 0.195. The summed E-state index contributed by atoms with van der Waals surface area (Å²) in [6.07, 6.45) is 1.85. The van der Waals surface area contributed by atoms with Gasteiger partial charge in [-0.3, -0.25) is 4.57 Å². The average molecular weight is 751 g/mol. The van der Waals surface area contributed by atoms with Crippen LogP contribution >= 0.6 is 0 Å². The SMILES string of the molecule is Cc1cc(C)cc(-n2c(-c3cccc4cc[n-]c34)nc3c(-c4cc(-c5ccccc5)c5cccc(O)c5n4)cccc32)c1.[Pt]. The van der Waals surface area contributed by atoms with E-state index in [1.807, 2.05) is 42.6 Å². The van der Waals surface area contributed by atoms with Gasteiger partial charge in [0.05, 0.1) is 16.7 Å². The van der Waals surface area contributed by atoms with Crippen molar-refractivity contribution >= 4 is 32.8 Å². The third kappa shape index (κ3) is 4.52. The Hall–Kier alpha value is -4.99. The standard InChI is InChI=1S/C38H27N4O.Pt/c1-23-19-24(2)21-27(20-23)42-33-15-7-13-29(36(33)41-38(42)30-14-6-11-26-17-18-39-35(26)30)32-22-31(25-9-4-3-5-10-25)28-12-8-16-34(43)37(28)40-32;/h3-22H,1-2H3,(H-,39,40,41,43);/q-1;. The van der Waals surface area contributed by atoms with Crippen LogP contribution in [0.15, 0.2) is 121 Å². The molecule has 0 amide bonds. The first-order valence-electron chi connectivity index (χ1n) is 14.3. The Morgan fingerprint density at radius 2 is 1.41 bits per heavy atom. The van der Waals surface area contributed by atoms with Gasteiger partial charge in [0.2, 0.25) is 0 Å². The van der Waals surface area contributed by atoms with E-state index in [1.165, 1.54) is 11.1 Å². The van der Waals surface area contributed by atoms with Crippen LogP contribution in [0, 0.1) is 13.8 Å². The van der Waals surface area contributed by atoms with Gasteiger partial charge in [0.25, 0.3) is 0 Å². The van der Waals surface area contributed by atoms with E-state index in [0.717, 1.165) is 66.8 Å². The summed E-state index contributed by atoms with van der Waals surface area (Å²) < 4.78 is 2.24. The zero-order chi connectivity index (χ0) is 29.1. The molecule has 0 aliphatic heterocycles. The molecule has 0 aliphatic rings. The minimum absolute atomic E-state index is 0. The van der Waals surface area contributed by atoms with E-state index in [0.29, 0.717) is 5.52 Å². The Labute approximate surface area is 269 Å². The van der Waals surface area contributed by atoms with Gasteiger partial charge in [-0.05, 0) is 71.8 Å².